The number of anilines is 1. The number of ether oxygens (including phenoxy) is 2. The number of hydrogen-bond acceptors (Lipinski definition) is 3. The van der Waals surface area contributed by atoms with Crippen LogP contribution in [-0.2, 0) is 4.74 Å². The summed E-state index contributed by atoms with van der Waals surface area (Å²) in [6.07, 6.45) is -0.610. The minimum absolute atomic E-state index is 0.0817. The van der Waals surface area contributed by atoms with Crippen LogP contribution in [0.1, 0.15) is 0 Å². The van der Waals surface area contributed by atoms with E-state index >= 15 is 0 Å². The molecular formula is C15H12Cl3NO3. The third-order valence-electron chi connectivity index (χ3n) is 2.58. The van der Waals surface area contributed by atoms with E-state index in [1.54, 1.807) is 36.4 Å². The Bertz CT molecular complexity index is 664. The number of carbonyl (C=O) groups is 1. The molecule has 0 saturated heterocycles. The van der Waals surface area contributed by atoms with Crippen molar-refractivity contribution < 1.29 is 14.3 Å². The minimum atomic E-state index is -0.610. The first kappa shape index (κ1) is 16.7. The van der Waals surface area contributed by atoms with Crippen LogP contribution in [0.3, 0.4) is 0 Å². The average Bonchev–Trinajstić information content (AvgIpc) is 2.49. The Kier molecular flexibility index (Phi) is 6.19. The van der Waals surface area contributed by atoms with Crippen molar-refractivity contribution in [1.82, 2.24) is 0 Å². The molecule has 0 fully saturated rings. The molecule has 116 valence electrons. The predicted molar refractivity (Wildman–Crippen MR) is 88.4 cm³/mol. The molecule has 0 spiro atoms. The summed E-state index contributed by atoms with van der Waals surface area (Å²) in [4.78, 5) is 11.6. The van der Waals surface area contributed by atoms with Crippen LogP contribution in [0.2, 0.25) is 15.1 Å². The molecule has 0 radical (unpaired) electrons. The van der Waals surface area contributed by atoms with Crippen molar-refractivity contribution in [3.05, 3.63) is 57.5 Å². The maximum absolute atomic E-state index is 11.6. The summed E-state index contributed by atoms with van der Waals surface area (Å²) in [5, 5.41) is 3.80. The van der Waals surface area contributed by atoms with Crippen LogP contribution >= 0.6 is 34.8 Å². The number of amides is 1. The fourth-order valence-electron chi connectivity index (χ4n) is 1.58. The van der Waals surface area contributed by atoms with Crippen LogP contribution in [0.25, 0.3) is 0 Å². The maximum atomic E-state index is 11.6. The van der Waals surface area contributed by atoms with Crippen LogP contribution < -0.4 is 10.1 Å². The molecule has 0 aromatic heterocycles. The van der Waals surface area contributed by atoms with Gasteiger partial charge in [-0.15, -0.1) is 0 Å². The smallest absolute Gasteiger partial charge is 0.411 e. The molecule has 2 rings (SSSR count). The number of hydrogen-bond donors (Lipinski definition) is 1. The van der Waals surface area contributed by atoms with Gasteiger partial charge in [-0.25, -0.2) is 4.79 Å². The van der Waals surface area contributed by atoms with Gasteiger partial charge in [0, 0.05) is 5.69 Å². The van der Waals surface area contributed by atoms with Crippen LogP contribution in [0, 0.1) is 0 Å². The van der Waals surface area contributed by atoms with Gasteiger partial charge in [0.2, 0.25) is 0 Å². The Morgan fingerprint density at radius 2 is 1.73 bits per heavy atom. The van der Waals surface area contributed by atoms with Gasteiger partial charge < -0.3 is 9.47 Å². The van der Waals surface area contributed by atoms with Gasteiger partial charge >= 0.3 is 6.09 Å². The number of nitrogens with one attached hydrogen (secondary N) is 1. The Labute approximate surface area is 142 Å². The zero-order valence-electron chi connectivity index (χ0n) is 11.3. The highest BCUT2D eigenvalue weighted by Gasteiger charge is 2.06. The molecule has 2 aromatic rings. The lowest BCUT2D eigenvalue weighted by atomic mass is 10.3. The number of carbonyl (C=O) groups excluding carboxylic acids is 1. The van der Waals surface area contributed by atoms with Crippen LogP contribution in [0.5, 0.6) is 5.75 Å². The highest BCUT2D eigenvalue weighted by Crippen LogP contribution is 2.25. The summed E-state index contributed by atoms with van der Waals surface area (Å²) < 4.78 is 10.4. The normalized spacial score (nSPS) is 10.1. The second-order valence-electron chi connectivity index (χ2n) is 4.17. The van der Waals surface area contributed by atoms with Crippen molar-refractivity contribution in [2.24, 2.45) is 0 Å². The van der Waals surface area contributed by atoms with E-state index in [0.717, 1.165) is 0 Å². The molecule has 0 unspecified atom stereocenters. The van der Waals surface area contributed by atoms with Crippen molar-refractivity contribution in [1.29, 1.82) is 0 Å². The molecule has 22 heavy (non-hydrogen) atoms. The first-order valence-electron chi connectivity index (χ1n) is 6.32. The van der Waals surface area contributed by atoms with E-state index in [4.69, 9.17) is 44.3 Å². The standard InChI is InChI=1S/C15H12Cl3NO3/c16-11-6-5-10(9-13(11)18)19-15(20)22-8-7-21-14-4-2-1-3-12(14)17/h1-6,9H,7-8H2,(H,19,20). The molecule has 7 heteroatoms. The number of benzene rings is 2. The van der Waals surface area contributed by atoms with Crippen molar-refractivity contribution in [3.8, 4) is 5.75 Å². The molecule has 0 aliphatic carbocycles. The molecule has 2 aromatic carbocycles. The Morgan fingerprint density at radius 3 is 2.45 bits per heavy atom. The zero-order chi connectivity index (χ0) is 15.9. The number of halogens is 3. The van der Waals surface area contributed by atoms with E-state index in [1.165, 1.54) is 6.07 Å². The SMILES string of the molecule is O=C(Nc1ccc(Cl)c(Cl)c1)OCCOc1ccccc1Cl. The highest BCUT2D eigenvalue weighted by atomic mass is 35.5. The zero-order valence-corrected chi connectivity index (χ0v) is 13.6. The molecule has 0 saturated carbocycles. The van der Waals surface area contributed by atoms with E-state index in [2.05, 4.69) is 5.32 Å². The van der Waals surface area contributed by atoms with Crippen LogP contribution in [0.4, 0.5) is 10.5 Å². The van der Waals surface area contributed by atoms with Gasteiger partial charge in [-0.1, -0.05) is 46.9 Å². The van der Waals surface area contributed by atoms with Gasteiger partial charge in [-0.3, -0.25) is 5.32 Å². The number of para-hydroxylation sites is 1. The third-order valence-corrected chi connectivity index (χ3v) is 3.63. The largest absolute Gasteiger partial charge is 0.488 e. The van der Waals surface area contributed by atoms with Crippen LogP contribution in [0.15, 0.2) is 42.5 Å². The summed E-state index contributed by atoms with van der Waals surface area (Å²) in [7, 11) is 0. The highest BCUT2D eigenvalue weighted by molar-refractivity contribution is 6.42. The molecular weight excluding hydrogens is 349 g/mol. The van der Waals surface area contributed by atoms with E-state index in [0.29, 0.717) is 26.5 Å². The van der Waals surface area contributed by atoms with Gasteiger partial charge in [0.05, 0.1) is 15.1 Å². The summed E-state index contributed by atoms with van der Waals surface area (Å²) in [5.41, 5.74) is 0.492. The molecule has 0 aliphatic heterocycles. The monoisotopic (exact) mass is 359 g/mol. The molecule has 0 heterocycles. The Morgan fingerprint density at radius 1 is 0.955 bits per heavy atom. The Hall–Kier alpha value is -1.62. The van der Waals surface area contributed by atoms with Gasteiger partial charge in [0.1, 0.15) is 19.0 Å². The van der Waals surface area contributed by atoms with Crippen LogP contribution in [-0.4, -0.2) is 19.3 Å². The van der Waals surface area contributed by atoms with Crippen molar-refractivity contribution >= 4 is 46.6 Å². The first-order chi connectivity index (χ1) is 10.6. The lowest BCUT2D eigenvalue weighted by molar-refractivity contribution is 0.138. The summed E-state index contributed by atoms with van der Waals surface area (Å²) in [6, 6.07) is 11.8. The summed E-state index contributed by atoms with van der Waals surface area (Å²) in [5.74, 6) is 0.539. The molecule has 0 atom stereocenters. The molecule has 0 bridgehead atoms. The van der Waals surface area contributed by atoms with Gasteiger partial charge in [0.25, 0.3) is 0 Å². The van der Waals surface area contributed by atoms with E-state index in [9.17, 15) is 4.79 Å². The predicted octanol–water partition coefficient (Wildman–Crippen LogP) is 5.27. The Balaban J connectivity index is 1.74. The molecule has 1 N–H and O–H groups in total. The second kappa shape index (κ2) is 8.13. The second-order valence-corrected chi connectivity index (χ2v) is 5.39. The van der Waals surface area contributed by atoms with Gasteiger partial charge in [0.15, 0.2) is 0 Å². The van der Waals surface area contributed by atoms with E-state index in [1.807, 2.05) is 0 Å². The third kappa shape index (κ3) is 4.98. The van der Waals surface area contributed by atoms with Crippen molar-refractivity contribution in [2.75, 3.05) is 18.5 Å². The lowest BCUT2D eigenvalue weighted by Crippen LogP contribution is -2.17. The average molecular weight is 361 g/mol. The van der Waals surface area contributed by atoms with E-state index in [-0.39, 0.29) is 13.2 Å². The van der Waals surface area contributed by atoms with Crippen molar-refractivity contribution in [2.45, 2.75) is 0 Å². The van der Waals surface area contributed by atoms with Gasteiger partial charge in [-0.2, -0.15) is 0 Å². The maximum Gasteiger partial charge on any atom is 0.411 e. The van der Waals surface area contributed by atoms with Crippen molar-refractivity contribution in [3.63, 3.8) is 0 Å². The summed E-state index contributed by atoms with van der Waals surface area (Å²) in [6.45, 7) is 0.275. The fraction of sp³-hybridized carbons (Fsp3) is 0.133. The first-order valence-corrected chi connectivity index (χ1v) is 7.46. The lowest BCUT2D eigenvalue weighted by Gasteiger charge is -2.09. The molecule has 0 aliphatic rings. The molecule has 1 amide bonds. The summed E-state index contributed by atoms with van der Waals surface area (Å²) >= 11 is 17.6. The molecule has 4 nitrogen and oxygen atoms in total. The van der Waals surface area contributed by atoms with Gasteiger partial charge in [-0.05, 0) is 30.3 Å². The number of rotatable bonds is 5. The fourth-order valence-corrected chi connectivity index (χ4v) is 2.06. The quantitative estimate of drug-likeness (QED) is 0.738. The van der Waals surface area contributed by atoms with E-state index < -0.39 is 6.09 Å². The topological polar surface area (TPSA) is 47.6 Å². The minimum Gasteiger partial charge on any atom is -0.488 e.